The van der Waals surface area contributed by atoms with E-state index < -0.39 is 27.3 Å². The van der Waals surface area contributed by atoms with Gasteiger partial charge in [0.25, 0.3) is 0 Å². The van der Waals surface area contributed by atoms with Crippen LogP contribution in [0.1, 0.15) is 29.7 Å². The van der Waals surface area contributed by atoms with E-state index in [1.807, 2.05) is 43.3 Å². The molecule has 0 radical (unpaired) electrons. The summed E-state index contributed by atoms with van der Waals surface area (Å²) in [6, 6.07) is 16.4. The summed E-state index contributed by atoms with van der Waals surface area (Å²) < 4.78 is 53.5. The summed E-state index contributed by atoms with van der Waals surface area (Å²) >= 11 is -1.21. The quantitative estimate of drug-likeness (QED) is 0.508. The molecule has 9 heteroatoms. The zero-order valence-electron chi connectivity index (χ0n) is 18.5. The molecule has 0 aromatic heterocycles. The van der Waals surface area contributed by atoms with Crippen molar-refractivity contribution in [2.45, 2.75) is 23.7 Å². The van der Waals surface area contributed by atoms with Crippen molar-refractivity contribution in [3.8, 4) is 28.4 Å². The fraction of sp³-hybridized carbons (Fsp3) is 0.250. The molecule has 33 heavy (non-hydrogen) atoms. The summed E-state index contributed by atoms with van der Waals surface area (Å²) in [7, 11) is -0.594. The van der Waals surface area contributed by atoms with Crippen LogP contribution in [0.5, 0.6) is 17.2 Å². The number of methoxy groups -OCH3 is 2. The summed E-state index contributed by atoms with van der Waals surface area (Å²) in [5, 5.41) is 5.29. The zero-order valence-corrected chi connectivity index (χ0v) is 20.2. The first-order valence-corrected chi connectivity index (χ1v) is 13.3. The van der Waals surface area contributed by atoms with E-state index in [-0.39, 0.29) is 5.75 Å². The molecule has 1 aliphatic rings. The Labute approximate surface area is 196 Å². The number of fused-ring (bicyclic) bond motifs is 3. The van der Waals surface area contributed by atoms with Gasteiger partial charge < -0.3 is 18.8 Å². The predicted octanol–water partition coefficient (Wildman–Crippen LogP) is 3.77. The van der Waals surface area contributed by atoms with Crippen molar-refractivity contribution in [2.75, 3.05) is 20.0 Å². The molecule has 0 fully saturated rings. The minimum atomic E-state index is -3.72. The second-order valence-electron chi connectivity index (χ2n) is 7.60. The molecule has 2 atom stereocenters. The van der Waals surface area contributed by atoms with E-state index in [9.17, 15) is 13.0 Å². The number of rotatable bonds is 7. The van der Waals surface area contributed by atoms with E-state index in [2.05, 4.69) is 0 Å². The van der Waals surface area contributed by atoms with Gasteiger partial charge in [0, 0.05) is 11.1 Å². The molecule has 0 bridgehead atoms. The maximum Gasteiger partial charge on any atom is 0.213 e. The van der Waals surface area contributed by atoms with Gasteiger partial charge in [0.2, 0.25) is 10.0 Å². The Morgan fingerprint density at radius 1 is 1.06 bits per heavy atom. The Hall–Kier alpha value is -2.72. The highest BCUT2D eigenvalue weighted by Gasteiger charge is 2.33. The van der Waals surface area contributed by atoms with Crippen LogP contribution in [0.4, 0.5) is 0 Å². The van der Waals surface area contributed by atoms with Crippen LogP contribution in [0.3, 0.4) is 0 Å². The Kier molecular flexibility index (Phi) is 6.58. The van der Waals surface area contributed by atoms with Crippen LogP contribution in [0, 0.1) is 0 Å². The molecule has 0 aliphatic carbocycles. The Morgan fingerprint density at radius 2 is 1.82 bits per heavy atom. The first-order chi connectivity index (χ1) is 15.8. The molecule has 2 unspecified atom stereocenters. The topological polar surface area (TPSA) is 111 Å². The van der Waals surface area contributed by atoms with Gasteiger partial charge in [-0.2, -0.15) is 0 Å². The van der Waals surface area contributed by atoms with Crippen LogP contribution >= 0.6 is 0 Å². The van der Waals surface area contributed by atoms with Crippen molar-refractivity contribution in [1.82, 2.24) is 0 Å². The zero-order chi connectivity index (χ0) is 23.8. The maximum absolute atomic E-state index is 12.8. The van der Waals surface area contributed by atoms with Crippen LogP contribution in [0.2, 0.25) is 0 Å². The van der Waals surface area contributed by atoms with E-state index in [0.717, 1.165) is 22.3 Å². The van der Waals surface area contributed by atoms with E-state index in [0.29, 0.717) is 33.5 Å². The number of benzene rings is 3. The van der Waals surface area contributed by atoms with E-state index in [1.165, 1.54) is 0 Å². The van der Waals surface area contributed by atoms with Gasteiger partial charge in [-0.3, -0.25) is 0 Å². The first kappa shape index (κ1) is 23.4. The van der Waals surface area contributed by atoms with Gasteiger partial charge in [0.15, 0.2) is 16.4 Å². The van der Waals surface area contributed by atoms with Crippen LogP contribution in [0.25, 0.3) is 11.1 Å². The van der Waals surface area contributed by atoms with Gasteiger partial charge >= 0.3 is 0 Å². The standard InChI is InChI=1S/C24H25NO6S2/c1-4-32(26)22-7-5-6-20-23(22)17-10-8-15(14-33(25,27)28)12-18(17)24(31-20)16-9-11-19(29-2)21(13-16)30-3/h5-13,24H,4,14H2,1-3H3,(H2,25,27,28). The predicted molar refractivity (Wildman–Crippen MR) is 128 cm³/mol. The van der Waals surface area contributed by atoms with Crippen LogP contribution < -0.4 is 19.3 Å². The molecule has 1 aliphatic heterocycles. The van der Waals surface area contributed by atoms with Crippen molar-refractivity contribution < 1.29 is 27.2 Å². The lowest BCUT2D eigenvalue weighted by molar-refractivity contribution is 0.241. The second kappa shape index (κ2) is 9.26. The lowest BCUT2D eigenvalue weighted by atomic mass is 9.88. The molecule has 2 N–H and O–H groups in total. The van der Waals surface area contributed by atoms with Gasteiger partial charge in [0.05, 0.1) is 25.5 Å². The molecule has 7 nitrogen and oxygen atoms in total. The molecule has 0 saturated heterocycles. The Bertz CT molecular complexity index is 1290. The van der Waals surface area contributed by atoms with Crippen LogP contribution in [-0.2, 0) is 27.0 Å². The molecular formula is C24H25NO6S2. The third-order valence-electron chi connectivity index (χ3n) is 5.49. The minimum Gasteiger partial charge on any atom is -0.611 e. The fourth-order valence-corrected chi connectivity index (χ4v) is 5.68. The van der Waals surface area contributed by atoms with Crippen molar-refractivity contribution in [3.63, 3.8) is 0 Å². The number of hydrogen-bond donors (Lipinski definition) is 1. The summed E-state index contributed by atoms with van der Waals surface area (Å²) in [6.45, 7) is 1.86. The number of primary sulfonamides is 1. The summed E-state index contributed by atoms with van der Waals surface area (Å²) in [5.74, 6) is 1.91. The van der Waals surface area contributed by atoms with Gasteiger partial charge in [-0.05, 0) is 53.5 Å². The maximum atomic E-state index is 12.8. The van der Waals surface area contributed by atoms with Gasteiger partial charge in [-0.15, -0.1) is 0 Å². The summed E-state index contributed by atoms with van der Waals surface area (Å²) in [5.41, 5.74) is 3.70. The first-order valence-electron chi connectivity index (χ1n) is 10.3. The molecule has 1 heterocycles. The van der Waals surface area contributed by atoms with Gasteiger partial charge in [-0.25, -0.2) is 13.6 Å². The number of ether oxygens (including phenoxy) is 3. The second-order valence-corrected chi connectivity index (χ2v) is 10.9. The van der Waals surface area contributed by atoms with Crippen LogP contribution in [-0.4, -0.2) is 32.9 Å². The lowest BCUT2D eigenvalue weighted by Crippen LogP contribution is -2.19. The lowest BCUT2D eigenvalue weighted by Gasteiger charge is -2.31. The third-order valence-corrected chi connectivity index (χ3v) is 7.58. The molecule has 0 saturated carbocycles. The number of nitrogens with two attached hydrogens (primary N) is 1. The smallest absolute Gasteiger partial charge is 0.213 e. The molecule has 174 valence electrons. The van der Waals surface area contributed by atoms with Crippen molar-refractivity contribution >= 4 is 21.2 Å². The van der Waals surface area contributed by atoms with Crippen molar-refractivity contribution in [2.24, 2.45) is 5.14 Å². The van der Waals surface area contributed by atoms with E-state index >= 15 is 0 Å². The highest BCUT2D eigenvalue weighted by molar-refractivity contribution is 7.91. The summed E-state index contributed by atoms with van der Waals surface area (Å²) in [6.07, 6.45) is -0.543. The number of hydrogen-bond acceptors (Lipinski definition) is 6. The minimum absolute atomic E-state index is 0.297. The third kappa shape index (κ3) is 4.67. The Balaban J connectivity index is 1.93. The van der Waals surface area contributed by atoms with Crippen LogP contribution in [0.15, 0.2) is 59.5 Å². The highest BCUT2D eigenvalue weighted by atomic mass is 32.2. The van der Waals surface area contributed by atoms with Crippen molar-refractivity contribution in [3.05, 3.63) is 71.3 Å². The molecule has 4 rings (SSSR count). The normalized spacial score (nSPS) is 15.7. The summed E-state index contributed by atoms with van der Waals surface area (Å²) in [4.78, 5) is 0.682. The van der Waals surface area contributed by atoms with E-state index in [1.54, 1.807) is 32.4 Å². The molecule has 3 aromatic rings. The monoisotopic (exact) mass is 487 g/mol. The van der Waals surface area contributed by atoms with Crippen molar-refractivity contribution in [1.29, 1.82) is 0 Å². The average molecular weight is 488 g/mol. The molecule has 0 amide bonds. The van der Waals surface area contributed by atoms with E-state index in [4.69, 9.17) is 19.3 Å². The molecule has 3 aromatic carbocycles. The van der Waals surface area contributed by atoms with Gasteiger partial charge in [0.1, 0.15) is 17.6 Å². The SMILES string of the molecule is CC[S+]([O-])c1cccc2c1-c1ccc(CS(N)(=O)=O)cc1C(c1ccc(OC)c(OC)c1)O2. The Morgan fingerprint density at radius 3 is 2.48 bits per heavy atom. The highest BCUT2D eigenvalue weighted by Crippen LogP contribution is 2.48. The largest absolute Gasteiger partial charge is 0.611 e. The average Bonchev–Trinajstić information content (AvgIpc) is 2.80. The van der Waals surface area contributed by atoms with Gasteiger partial charge in [-0.1, -0.05) is 30.3 Å². The molecular weight excluding hydrogens is 462 g/mol. The number of sulfonamides is 1. The molecule has 0 spiro atoms. The fourth-order valence-electron chi connectivity index (χ4n) is 4.05.